The van der Waals surface area contributed by atoms with Crippen molar-refractivity contribution in [3.8, 4) is 0 Å². The van der Waals surface area contributed by atoms with Crippen molar-refractivity contribution in [1.29, 1.82) is 0 Å². The molecule has 96 valence electrons. The number of esters is 1. The van der Waals surface area contributed by atoms with E-state index >= 15 is 0 Å². The fourth-order valence-corrected chi connectivity index (χ4v) is 1.29. The molecule has 2 amide bonds. The lowest BCUT2D eigenvalue weighted by Crippen LogP contribution is -2.72. The van der Waals surface area contributed by atoms with E-state index in [0.29, 0.717) is 0 Å². The SMILES string of the molecule is COC(=O)[C@@H]1NC(=O)[C@@H]1NC(=O)OC(C)(C)C. The highest BCUT2D eigenvalue weighted by Gasteiger charge is 2.46. The quantitative estimate of drug-likeness (QED) is 0.507. The van der Waals surface area contributed by atoms with Crippen molar-refractivity contribution in [3.63, 3.8) is 0 Å². The Morgan fingerprint density at radius 1 is 1.35 bits per heavy atom. The molecule has 0 aromatic rings. The third-order valence-electron chi connectivity index (χ3n) is 2.04. The first kappa shape index (κ1) is 13.3. The van der Waals surface area contributed by atoms with Crippen molar-refractivity contribution in [1.82, 2.24) is 10.6 Å². The van der Waals surface area contributed by atoms with Crippen LogP contribution < -0.4 is 10.6 Å². The molecule has 1 rings (SSSR count). The fourth-order valence-electron chi connectivity index (χ4n) is 1.29. The summed E-state index contributed by atoms with van der Waals surface area (Å²) >= 11 is 0. The van der Waals surface area contributed by atoms with Gasteiger partial charge >= 0.3 is 12.1 Å². The molecule has 0 radical (unpaired) electrons. The summed E-state index contributed by atoms with van der Waals surface area (Å²) in [5.41, 5.74) is -0.662. The summed E-state index contributed by atoms with van der Waals surface area (Å²) in [4.78, 5) is 33.8. The number of nitrogens with one attached hydrogen (secondary N) is 2. The largest absolute Gasteiger partial charge is 0.467 e. The van der Waals surface area contributed by atoms with Crippen LogP contribution in [-0.4, -0.2) is 42.8 Å². The average Bonchev–Trinajstić information content (AvgIpc) is 2.19. The molecule has 1 saturated heterocycles. The molecule has 1 fully saturated rings. The average molecular weight is 244 g/mol. The lowest BCUT2D eigenvalue weighted by atomic mass is 9.99. The lowest BCUT2D eigenvalue weighted by molar-refractivity contribution is -0.153. The number of methoxy groups -OCH3 is 1. The van der Waals surface area contributed by atoms with E-state index in [1.165, 1.54) is 7.11 Å². The van der Waals surface area contributed by atoms with Crippen LogP contribution in [-0.2, 0) is 19.1 Å². The molecule has 17 heavy (non-hydrogen) atoms. The summed E-state index contributed by atoms with van der Waals surface area (Å²) < 4.78 is 9.44. The Kier molecular flexibility index (Phi) is 3.59. The third-order valence-corrected chi connectivity index (χ3v) is 2.04. The maximum absolute atomic E-state index is 11.4. The van der Waals surface area contributed by atoms with E-state index in [-0.39, 0.29) is 0 Å². The van der Waals surface area contributed by atoms with E-state index in [9.17, 15) is 14.4 Å². The van der Waals surface area contributed by atoms with Crippen molar-refractivity contribution >= 4 is 18.0 Å². The number of alkyl carbamates (subject to hydrolysis) is 1. The van der Waals surface area contributed by atoms with Crippen LogP contribution in [0.5, 0.6) is 0 Å². The van der Waals surface area contributed by atoms with Gasteiger partial charge in [-0.25, -0.2) is 9.59 Å². The third kappa shape index (κ3) is 3.33. The molecule has 2 N–H and O–H groups in total. The van der Waals surface area contributed by atoms with Gasteiger partial charge in [-0.2, -0.15) is 0 Å². The number of hydrogen-bond donors (Lipinski definition) is 2. The zero-order chi connectivity index (χ0) is 13.2. The Bertz CT molecular complexity index is 347. The molecule has 1 aliphatic rings. The molecule has 7 heteroatoms. The number of carbonyl (C=O) groups excluding carboxylic acids is 3. The fraction of sp³-hybridized carbons (Fsp3) is 0.700. The molecule has 0 bridgehead atoms. The number of carbonyl (C=O) groups is 3. The monoisotopic (exact) mass is 244 g/mol. The summed E-state index contributed by atoms with van der Waals surface area (Å²) in [6, 6.07) is -1.78. The van der Waals surface area contributed by atoms with E-state index < -0.39 is 35.7 Å². The highest BCUT2D eigenvalue weighted by Crippen LogP contribution is 2.11. The van der Waals surface area contributed by atoms with E-state index in [2.05, 4.69) is 15.4 Å². The smallest absolute Gasteiger partial charge is 0.408 e. The van der Waals surface area contributed by atoms with Crippen LogP contribution in [0, 0.1) is 0 Å². The van der Waals surface area contributed by atoms with Gasteiger partial charge in [0, 0.05) is 0 Å². The van der Waals surface area contributed by atoms with Gasteiger partial charge in [0.15, 0.2) is 6.04 Å². The van der Waals surface area contributed by atoms with Crippen molar-refractivity contribution in [2.45, 2.75) is 38.5 Å². The summed E-state index contributed by atoms with van der Waals surface area (Å²) in [7, 11) is 1.21. The van der Waals surface area contributed by atoms with Gasteiger partial charge in [-0.15, -0.1) is 0 Å². The van der Waals surface area contributed by atoms with Crippen molar-refractivity contribution < 1.29 is 23.9 Å². The van der Waals surface area contributed by atoms with E-state index in [1.807, 2.05) is 0 Å². The van der Waals surface area contributed by atoms with Crippen LogP contribution in [0.25, 0.3) is 0 Å². The van der Waals surface area contributed by atoms with Crippen LogP contribution >= 0.6 is 0 Å². The maximum Gasteiger partial charge on any atom is 0.408 e. The number of ether oxygens (including phenoxy) is 2. The van der Waals surface area contributed by atoms with Crippen LogP contribution in [0.3, 0.4) is 0 Å². The van der Waals surface area contributed by atoms with Gasteiger partial charge in [-0.1, -0.05) is 0 Å². The van der Waals surface area contributed by atoms with Gasteiger partial charge in [0.1, 0.15) is 11.6 Å². The summed E-state index contributed by atoms with van der Waals surface area (Å²) in [5, 5.41) is 4.64. The second-order valence-electron chi connectivity index (χ2n) is 4.63. The van der Waals surface area contributed by atoms with Crippen LogP contribution in [0.2, 0.25) is 0 Å². The minimum absolute atomic E-state index is 0.439. The Labute approximate surface area is 98.8 Å². The van der Waals surface area contributed by atoms with Gasteiger partial charge in [0.25, 0.3) is 0 Å². The molecule has 0 aromatic carbocycles. The second kappa shape index (κ2) is 4.60. The Hall–Kier alpha value is -1.79. The van der Waals surface area contributed by atoms with Crippen molar-refractivity contribution in [2.75, 3.05) is 7.11 Å². The highest BCUT2D eigenvalue weighted by molar-refractivity contribution is 6.01. The molecule has 0 spiro atoms. The Balaban J connectivity index is 2.53. The van der Waals surface area contributed by atoms with Crippen molar-refractivity contribution in [2.24, 2.45) is 0 Å². The summed E-state index contributed by atoms with van der Waals surface area (Å²) in [6.45, 7) is 5.10. The minimum atomic E-state index is -0.933. The van der Waals surface area contributed by atoms with E-state index in [1.54, 1.807) is 20.8 Å². The van der Waals surface area contributed by atoms with Gasteiger partial charge in [-0.05, 0) is 20.8 Å². The standard InChI is InChI=1S/C10H16N2O5/c1-10(2,3)17-9(15)12-5-6(8(14)16-4)11-7(5)13/h5-6H,1-4H3,(H,11,13)(H,12,15)/t5-,6-/m1/s1. The van der Waals surface area contributed by atoms with Gasteiger partial charge in [0.05, 0.1) is 7.11 Å². The topological polar surface area (TPSA) is 93.7 Å². The number of hydrogen-bond acceptors (Lipinski definition) is 5. The molecule has 2 atom stereocenters. The molecular weight excluding hydrogens is 228 g/mol. The molecule has 0 aromatic heterocycles. The zero-order valence-corrected chi connectivity index (χ0v) is 10.2. The molecule has 1 heterocycles. The van der Waals surface area contributed by atoms with Gasteiger partial charge in [0.2, 0.25) is 5.91 Å². The molecular formula is C10H16N2O5. The first-order valence-corrected chi connectivity index (χ1v) is 5.12. The summed E-state index contributed by atoms with van der Waals surface area (Å²) in [5.74, 6) is -1.04. The van der Waals surface area contributed by atoms with E-state index in [0.717, 1.165) is 0 Å². The van der Waals surface area contributed by atoms with Crippen molar-refractivity contribution in [3.05, 3.63) is 0 Å². The lowest BCUT2D eigenvalue weighted by Gasteiger charge is -2.35. The van der Waals surface area contributed by atoms with Crippen LogP contribution in [0.15, 0.2) is 0 Å². The second-order valence-corrected chi connectivity index (χ2v) is 4.63. The minimum Gasteiger partial charge on any atom is -0.467 e. The Morgan fingerprint density at radius 2 is 1.94 bits per heavy atom. The normalized spacial score (nSPS) is 23.2. The maximum atomic E-state index is 11.4. The molecule has 0 saturated carbocycles. The number of β-lactam (4-membered cyclic amide) rings is 1. The zero-order valence-electron chi connectivity index (χ0n) is 10.2. The molecule has 1 aliphatic heterocycles. The molecule has 0 aliphatic carbocycles. The van der Waals surface area contributed by atoms with E-state index in [4.69, 9.17) is 4.74 Å². The summed E-state index contributed by atoms with van der Waals surface area (Å²) in [6.07, 6.45) is -0.744. The van der Waals surface area contributed by atoms with Crippen LogP contribution in [0.1, 0.15) is 20.8 Å². The number of amides is 2. The van der Waals surface area contributed by atoms with Crippen LogP contribution in [0.4, 0.5) is 4.79 Å². The Morgan fingerprint density at radius 3 is 2.35 bits per heavy atom. The molecule has 0 unspecified atom stereocenters. The molecule has 7 nitrogen and oxygen atoms in total. The number of rotatable bonds is 2. The first-order valence-electron chi connectivity index (χ1n) is 5.12. The predicted molar refractivity (Wildman–Crippen MR) is 57.1 cm³/mol. The predicted octanol–water partition coefficient (Wildman–Crippen LogP) is -0.449. The first-order chi connectivity index (χ1) is 7.74. The van der Waals surface area contributed by atoms with Gasteiger partial charge in [-0.3, -0.25) is 4.79 Å². The van der Waals surface area contributed by atoms with Gasteiger partial charge < -0.3 is 20.1 Å². The highest BCUT2D eigenvalue weighted by atomic mass is 16.6.